The SMILES string of the molecule is CCCN(CC#Cc1ccccc1)C(=O)c1cccc(NC(=O)[C@@H]2CCCO2)c1C. The lowest BCUT2D eigenvalue weighted by Gasteiger charge is -2.22. The largest absolute Gasteiger partial charge is 0.368 e. The van der Waals surface area contributed by atoms with Gasteiger partial charge in [0, 0.05) is 30.0 Å². The molecule has 1 atom stereocenters. The first-order valence-electron chi connectivity index (χ1n) is 10.5. The van der Waals surface area contributed by atoms with Gasteiger partial charge in [0.25, 0.3) is 11.8 Å². The monoisotopic (exact) mass is 404 g/mol. The summed E-state index contributed by atoms with van der Waals surface area (Å²) in [7, 11) is 0. The van der Waals surface area contributed by atoms with E-state index in [0.29, 0.717) is 30.9 Å². The number of ether oxygens (including phenoxy) is 1. The minimum atomic E-state index is -0.409. The molecule has 1 fully saturated rings. The number of anilines is 1. The van der Waals surface area contributed by atoms with E-state index in [1.54, 1.807) is 17.0 Å². The van der Waals surface area contributed by atoms with Crippen molar-refractivity contribution in [3.05, 3.63) is 65.2 Å². The van der Waals surface area contributed by atoms with Crippen LogP contribution in [0.5, 0.6) is 0 Å². The van der Waals surface area contributed by atoms with Crippen molar-refractivity contribution in [2.24, 2.45) is 0 Å². The number of carbonyl (C=O) groups is 2. The van der Waals surface area contributed by atoms with Crippen LogP contribution in [0.2, 0.25) is 0 Å². The molecule has 0 radical (unpaired) electrons. The maximum atomic E-state index is 13.2. The van der Waals surface area contributed by atoms with Crippen molar-refractivity contribution < 1.29 is 14.3 Å². The number of hydrogen-bond donors (Lipinski definition) is 1. The zero-order valence-electron chi connectivity index (χ0n) is 17.6. The van der Waals surface area contributed by atoms with E-state index in [0.717, 1.165) is 30.4 Å². The van der Waals surface area contributed by atoms with Crippen LogP contribution < -0.4 is 5.32 Å². The third-order valence-corrected chi connectivity index (χ3v) is 5.10. The summed E-state index contributed by atoms with van der Waals surface area (Å²) in [6.07, 6.45) is 2.06. The first-order chi connectivity index (χ1) is 14.6. The summed E-state index contributed by atoms with van der Waals surface area (Å²) in [5.41, 5.74) is 2.91. The quantitative estimate of drug-likeness (QED) is 0.740. The molecule has 1 N–H and O–H groups in total. The molecule has 156 valence electrons. The smallest absolute Gasteiger partial charge is 0.254 e. The molecule has 2 aromatic carbocycles. The molecule has 3 rings (SSSR count). The fourth-order valence-corrected chi connectivity index (χ4v) is 3.45. The lowest BCUT2D eigenvalue weighted by molar-refractivity contribution is -0.124. The topological polar surface area (TPSA) is 58.6 Å². The molecule has 1 aliphatic rings. The van der Waals surface area contributed by atoms with Gasteiger partial charge in [0.05, 0.1) is 6.54 Å². The Kier molecular flexibility index (Phi) is 7.64. The molecule has 0 aliphatic carbocycles. The second-order valence-corrected chi connectivity index (χ2v) is 7.36. The van der Waals surface area contributed by atoms with Crippen molar-refractivity contribution in [3.63, 3.8) is 0 Å². The Morgan fingerprint density at radius 3 is 2.67 bits per heavy atom. The Morgan fingerprint density at radius 1 is 1.17 bits per heavy atom. The van der Waals surface area contributed by atoms with E-state index >= 15 is 0 Å². The van der Waals surface area contributed by atoms with Crippen LogP contribution in [-0.2, 0) is 9.53 Å². The maximum Gasteiger partial charge on any atom is 0.254 e. The van der Waals surface area contributed by atoms with Crippen molar-refractivity contribution in [3.8, 4) is 11.8 Å². The number of hydrogen-bond acceptors (Lipinski definition) is 3. The van der Waals surface area contributed by atoms with Gasteiger partial charge in [-0.1, -0.05) is 43.0 Å². The molecule has 1 heterocycles. The number of nitrogens with zero attached hydrogens (tertiary/aromatic N) is 1. The Bertz CT molecular complexity index is 938. The molecule has 1 saturated heterocycles. The summed E-state index contributed by atoms with van der Waals surface area (Å²) in [6.45, 7) is 5.49. The molecular weight excluding hydrogens is 376 g/mol. The van der Waals surface area contributed by atoms with Crippen LogP contribution in [-0.4, -0.2) is 42.5 Å². The van der Waals surface area contributed by atoms with Gasteiger partial charge in [0.2, 0.25) is 0 Å². The van der Waals surface area contributed by atoms with E-state index in [1.807, 2.05) is 50.2 Å². The number of rotatable bonds is 6. The predicted octanol–water partition coefficient (Wildman–Crippen LogP) is 4.02. The normalized spacial score (nSPS) is 15.2. The van der Waals surface area contributed by atoms with E-state index in [-0.39, 0.29) is 11.8 Å². The van der Waals surface area contributed by atoms with Crippen molar-refractivity contribution in [2.75, 3.05) is 25.0 Å². The minimum absolute atomic E-state index is 0.0788. The van der Waals surface area contributed by atoms with Crippen LogP contribution in [0.25, 0.3) is 0 Å². The number of nitrogens with one attached hydrogen (secondary N) is 1. The summed E-state index contributed by atoms with van der Waals surface area (Å²) in [5.74, 6) is 5.99. The Morgan fingerprint density at radius 2 is 1.97 bits per heavy atom. The van der Waals surface area contributed by atoms with Crippen LogP contribution in [0.1, 0.15) is 47.7 Å². The van der Waals surface area contributed by atoms with Gasteiger partial charge in [-0.2, -0.15) is 0 Å². The molecule has 5 nitrogen and oxygen atoms in total. The van der Waals surface area contributed by atoms with Gasteiger partial charge in [0.1, 0.15) is 6.10 Å². The van der Waals surface area contributed by atoms with Gasteiger partial charge < -0.3 is 15.0 Å². The summed E-state index contributed by atoms with van der Waals surface area (Å²) in [6, 6.07) is 15.1. The van der Waals surface area contributed by atoms with E-state index < -0.39 is 6.10 Å². The lowest BCUT2D eigenvalue weighted by atomic mass is 10.0. The molecule has 0 bridgehead atoms. The maximum absolute atomic E-state index is 13.2. The van der Waals surface area contributed by atoms with Gasteiger partial charge in [-0.05, 0) is 56.0 Å². The average molecular weight is 405 g/mol. The highest BCUT2D eigenvalue weighted by molar-refractivity contribution is 6.00. The minimum Gasteiger partial charge on any atom is -0.368 e. The van der Waals surface area contributed by atoms with Crippen molar-refractivity contribution in [1.29, 1.82) is 0 Å². The number of carbonyl (C=O) groups excluding carboxylic acids is 2. The van der Waals surface area contributed by atoms with Gasteiger partial charge in [-0.25, -0.2) is 0 Å². The molecule has 1 aliphatic heterocycles. The molecule has 0 spiro atoms. The standard InChI is InChI=1S/C25H28N2O3/c1-3-16-27(17-8-12-20-10-5-4-6-11-20)25(29)21-13-7-14-22(19(21)2)26-24(28)23-15-9-18-30-23/h4-7,10-11,13-14,23H,3,9,15-18H2,1-2H3,(H,26,28)/t23-/m0/s1. The molecule has 0 saturated carbocycles. The van der Waals surface area contributed by atoms with Crippen LogP contribution in [0.15, 0.2) is 48.5 Å². The summed E-state index contributed by atoms with van der Waals surface area (Å²) >= 11 is 0. The van der Waals surface area contributed by atoms with Crippen molar-refractivity contribution >= 4 is 17.5 Å². The third kappa shape index (κ3) is 5.49. The van der Waals surface area contributed by atoms with E-state index in [4.69, 9.17) is 4.74 Å². The molecule has 0 aromatic heterocycles. The Balaban J connectivity index is 1.74. The number of amides is 2. The second kappa shape index (κ2) is 10.6. The fraction of sp³-hybridized carbons (Fsp3) is 0.360. The van der Waals surface area contributed by atoms with Crippen LogP contribution in [0, 0.1) is 18.8 Å². The summed E-state index contributed by atoms with van der Waals surface area (Å²) < 4.78 is 5.45. The first kappa shape index (κ1) is 21.6. The lowest BCUT2D eigenvalue weighted by Crippen LogP contribution is -2.33. The predicted molar refractivity (Wildman–Crippen MR) is 118 cm³/mol. The highest BCUT2D eigenvalue weighted by atomic mass is 16.5. The van der Waals surface area contributed by atoms with Gasteiger partial charge in [0.15, 0.2) is 0 Å². The van der Waals surface area contributed by atoms with Crippen molar-refractivity contribution in [2.45, 2.75) is 39.2 Å². The highest BCUT2D eigenvalue weighted by Gasteiger charge is 2.25. The Hall–Kier alpha value is -3.10. The fourth-order valence-electron chi connectivity index (χ4n) is 3.45. The average Bonchev–Trinajstić information content (AvgIpc) is 3.30. The van der Waals surface area contributed by atoms with Crippen LogP contribution in [0.3, 0.4) is 0 Å². The zero-order valence-corrected chi connectivity index (χ0v) is 17.6. The molecule has 2 amide bonds. The van der Waals surface area contributed by atoms with Gasteiger partial charge in [-0.15, -0.1) is 0 Å². The second-order valence-electron chi connectivity index (χ2n) is 7.36. The third-order valence-electron chi connectivity index (χ3n) is 5.10. The van der Waals surface area contributed by atoms with E-state index in [1.165, 1.54) is 0 Å². The van der Waals surface area contributed by atoms with Crippen molar-refractivity contribution in [1.82, 2.24) is 4.90 Å². The van der Waals surface area contributed by atoms with E-state index in [2.05, 4.69) is 17.2 Å². The molecule has 5 heteroatoms. The summed E-state index contributed by atoms with van der Waals surface area (Å²) in [4.78, 5) is 27.4. The summed E-state index contributed by atoms with van der Waals surface area (Å²) in [5, 5.41) is 2.92. The van der Waals surface area contributed by atoms with Crippen LogP contribution in [0.4, 0.5) is 5.69 Å². The molecule has 0 unspecified atom stereocenters. The zero-order chi connectivity index (χ0) is 21.3. The molecule has 2 aromatic rings. The van der Waals surface area contributed by atoms with Crippen LogP contribution >= 0.6 is 0 Å². The number of benzene rings is 2. The molecular formula is C25H28N2O3. The highest BCUT2D eigenvalue weighted by Crippen LogP contribution is 2.22. The Labute approximate surface area is 178 Å². The van der Waals surface area contributed by atoms with Gasteiger partial charge >= 0.3 is 0 Å². The first-order valence-corrected chi connectivity index (χ1v) is 10.5. The van der Waals surface area contributed by atoms with E-state index in [9.17, 15) is 9.59 Å². The van der Waals surface area contributed by atoms with Gasteiger partial charge in [-0.3, -0.25) is 9.59 Å². The molecule has 30 heavy (non-hydrogen) atoms.